The molecule has 2 amide bonds. The van der Waals surface area contributed by atoms with Crippen LogP contribution in [0.3, 0.4) is 0 Å². The molecule has 2 aromatic carbocycles. The highest BCUT2D eigenvalue weighted by Gasteiger charge is 2.36. The number of benzene rings is 2. The molecular formula is C42H53N5O6. The number of phenolic OH excluding ortho intramolecular Hbond substituents is 1. The Hall–Kier alpha value is -4.90. The van der Waals surface area contributed by atoms with Crippen LogP contribution in [0.15, 0.2) is 54.7 Å². The fourth-order valence-corrected chi connectivity index (χ4v) is 7.54. The molecule has 1 fully saturated rings. The molecule has 2 atom stereocenters. The van der Waals surface area contributed by atoms with Crippen molar-refractivity contribution in [2.45, 2.75) is 111 Å². The van der Waals surface area contributed by atoms with Crippen LogP contribution in [0.25, 0.3) is 33.3 Å². The SMILES string of the molecule is CCn1c(-c2cccnc2C(C)C)c2c3cc(ccc31)-c1cc(O)cc(c1)C[C@H](NC(=O)OC(C)(C)C)C(=O)N1CCC[C@H](N1)C(=O)OCC(C)(C)C2. The number of phenols is 1. The fraction of sp³-hybridized carbons (Fsp3) is 0.476. The summed E-state index contributed by atoms with van der Waals surface area (Å²) < 4.78 is 13.9. The standard InChI is InChI=1S/C42H53N5O6/c1-9-46-35-15-14-27-22-31(35)32(37(46)30-12-10-16-43-36(30)25(2)3)23-42(7,8)24-52-39(50)33-13-11-17-47(45-33)38(49)34(44-40(51)53-41(4,5)6)20-26-18-28(27)21-29(48)19-26/h10,12,14-16,18-19,21-22,25,33-34,45,48H,9,11,13,17,20,23-24H2,1-8H3,(H,44,51)/t33-,34-/m0/s1. The van der Waals surface area contributed by atoms with Gasteiger partial charge in [-0.15, -0.1) is 0 Å². The van der Waals surface area contributed by atoms with Crippen LogP contribution in [0.4, 0.5) is 4.79 Å². The van der Waals surface area contributed by atoms with Crippen molar-refractivity contribution in [2.24, 2.45) is 5.41 Å². The molecule has 0 unspecified atom stereocenters. The predicted molar refractivity (Wildman–Crippen MR) is 205 cm³/mol. The van der Waals surface area contributed by atoms with E-state index in [2.05, 4.69) is 74.2 Å². The summed E-state index contributed by atoms with van der Waals surface area (Å²) in [5.41, 5.74) is 9.54. The van der Waals surface area contributed by atoms with Crippen molar-refractivity contribution in [3.05, 3.63) is 71.5 Å². The number of hydrogen-bond donors (Lipinski definition) is 3. The lowest BCUT2D eigenvalue weighted by Gasteiger charge is -2.35. The van der Waals surface area contributed by atoms with Crippen LogP contribution in [0.5, 0.6) is 5.75 Å². The number of ether oxygens (including phenoxy) is 2. The Balaban J connectivity index is 1.53. The van der Waals surface area contributed by atoms with Gasteiger partial charge in [-0.25, -0.2) is 10.2 Å². The molecule has 4 aromatic rings. The highest BCUT2D eigenvalue weighted by Crippen LogP contribution is 2.42. The quantitative estimate of drug-likeness (QED) is 0.187. The predicted octanol–water partition coefficient (Wildman–Crippen LogP) is 7.28. The summed E-state index contributed by atoms with van der Waals surface area (Å²) in [5.74, 6) is -0.618. The van der Waals surface area contributed by atoms with Crippen LogP contribution in [0.2, 0.25) is 0 Å². The second-order valence-electron chi connectivity index (χ2n) is 16.4. The fourth-order valence-electron chi connectivity index (χ4n) is 7.54. The molecule has 0 aliphatic carbocycles. The number of cyclic esters (lactones) is 1. The Bertz CT molecular complexity index is 2030. The summed E-state index contributed by atoms with van der Waals surface area (Å²) in [6.45, 7) is 17.2. The third-order valence-corrected chi connectivity index (χ3v) is 9.86. The second kappa shape index (κ2) is 14.9. The molecule has 2 aromatic heterocycles. The Morgan fingerprint density at radius 1 is 1.13 bits per heavy atom. The molecule has 0 saturated carbocycles. The first-order valence-electron chi connectivity index (χ1n) is 18.7. The van der Waals surface area contributed by atoms with Crippen LogP contribution in [-0.4, -0.2) is 68.5 Å². The molecular weight excluding hydrogens is 670 g/mol. The summed E-state index contributed by atoms with van der Waals surface area (Å²) in [7, 11) is 0. The lowest BCUT2D eigenvalue weighted by atomic mass is 9.83. The number of esters is 1. The zero-order valence-corrected chi connectivity index (χ0v) is 32.2. The number of pyridine rings is 1. The van der Waals surface area contributed by atoms with Crippen molar-refractivity contribution >= 4 is 28.9 Å². The van der Waals surface area contributed by atoms with Crippen molar-refractivity contribution in [3.63, 3.8) is 0 Å². The van der Waals surface area contributed by atoms with Gasteiger partial charge in [-0.3, -0.25) is 19.6 Å². The lowest BCUT2D eigenvalue weighted by Crippen LogP contribution is -2.60. The molecule has 2 aliphatic rings. The first-order chi connectivity index (χ1) is 25.0. The van der Waals surface area contributed by atoms with E-state index < -0.39 is 41.1 Å². The molecule has 282 valence electrons. The number of carbonyl (C=O) groups excluding carboxylic acids is 3. The number of carbonyl (C=O) groups is 3. The molecule has 3 N–H and O–H groups in total. The first kappa shape index (κ1) is 37.8. The normalized spacial score (nSPS) is 19.5. The zero-order chi connectivity index (χ0) is 38.2. The van der Waals surface area contributed by atoms with Crippen LogP contribution in [0.1, 0.15) is 91.0 Å². The third-order valence-electron chi connectivity index (χ3n) is 9.86. The van der Waals surface area contributed by atoms with Crippen LogP contribution in [-0.2, 0) is 38.4 Å². The maximum absolute atomic E-state index is 14.1. The number of aromatic nitrogens is 2. The molecule has 0 radical (unpaired) electrons. The van der Waals surface area contributed by atoms with Gasteiger partial charge in [-0.2, -0.15) is 0 Å². The molecule has 6 bridgehead atoms. The van der Waals surface area contributed by atoms with Crippen molar-refractivity contribution in [1.29, 1.82) is 0 Å². The van der Waals surface area contributed by atoms with Gasteiger partial charge in [0.05, 0.1) is 18.0 Å². The number of hydrazine groups is 1. The average molecular weight is 724 g/mol. The molecule has 11 nitrogen and oxygen atoms in total. The first-order valence-corrected chi connectivity index (χ1v) is 18.7. The van der Waals surface area contributed by atoms with E-state index in [1.54, 1.807) is 32.9 Å². The van der Waals surface area contributed by atoms with E-state index in [1.165, 1.54) is 5.01 Å². The average Bonchev–Trinajstić information content (AvgIpc) is 3.40. The molecule has 0 spiro atoms. The van der Waals surface area contributed by atoms with Crippen molar-refractivity contribution in [3.8, 4) is 28.1 Å². The number of nitrogens with one attached hydrogen (secondary N) is 2. The Morgan fingerprint density at radius 3 is 2.62 bits per heavy atom. The minimum Gasteiger partial charge on any atom is -0.508 e. The van der Waals surface area contributed by atoms with E-state index in [1.807, 2.05) is 18.3 Å². The van der Waals surface area contributed by atoms with E-state index in [4.69, 9.17) is 14.5 Å². The zero-order valence-electron chi connectivity index (χ0n) is 32.2. The van der Waals surface area contributed by atoms with Gasteiger partial charge in [0.1, 0.15) is 23.4 Å². The number of alkyl carbamates (subject to hydrolysis) is 1. The number of aryl methyl sites for hydroxylation is 1. The highest BCUT2D eigenvalue weighted by atomic mass is 16.6. The van der Waals surface area contributed by atoms with Crippen molar-refractivity contribution in [2.75, 3.05) is 13.2 Å². The number of nitrogens with zero attached hydrogens (tertiary/aromatic N) is 3. The van der Waals surface area contributed by atoms with Crippen molar-refractivity contribution < 1.29 is 29.0 Å². The molecule has 6 rings (SSSR count). The van der Waals surface area contributed by atoms with Crippen LogP contribution >= 0.6 is 0 Å². The Kier molecular flexibility index (Phi) is 10.6. The number of aromatic hydroxyl groups is 1. The largest absolute Gasteiger partial charge is 0.508 e. The number of amides is 2. The number of fused-ring (bicyclic) bond motifs is 6. The van der Waals surface area contributed by atoms with Gasteiger partial charge in [-0.1, -0.05) is 39.8 Å². The van der Waals surface area contributed by atoms with Crippen LogP contribution < -0.4 is 10.7 Å². The van der Waals surface area contributed by atoms with E-state index in [0.717, 1.165) is 51.1 Å². The number of rotatable bonds is 4. The van der Waals surface area contributed by atoms with Gasteiger partial charge in [0.2, 0.25) is 0 Å². The summed E-state index contributed by atoms with van der Waals surface area (Å²) in [5, 5.41) is 16.3. The van der Waals surface area contributed by atoms with Gasteiger partial charge < -0.3 is 24.5 Å². The Labute approximate surface area is 312 Å². The minimum absolute atomic E-state index is 0.0412. The maximum Gasteiger partial charge on any atom is 0.408 e. The van der Waals surface area contributed by atoms with E-state index in [-0.39, 0.29) is 24.7 Å². The summed E-state index contributed by atoms with van der Waals surface area (Å²) in [6, 6.07) is 14.0. The smallest absolute Gasteiger partial charge is 0.408 e. The number of hydrogen-bond acceptors (Lipinski definition) is 8. The summed E-state index contributed by atoms with van der Waals surface area (Å²) in [6.07, 6.45) is 2.86. The maximum atomic E-state index is 14.1. The van der Waals surface area contributed by atoms with Gasteiger partial charge in [0.15, 0.2) is 0 Å². The second-order valence-corrected chi connectivity index (χ2v) is 16.4. The Morgan fingerprint density at radius 2 is 1.91 bits per heavy atom. The monoisotopic (exact) mass is 723 g/mol. The topological polar surface area (TPSA) is 135 Å². The lowest BCUT2D eigenvalue weighted by molar-refractivity contribution is -0.155. The van der Waals surface area contributed by atoms with Gasteiger partial charge in [0.25, 0.3) is 5.91 Å². The minimum atomic E-state index is -1.05. The molecule has 1 saturated heterocycles. The molecule has 4 heterocycles. The van der Waals surface area contributed by atoms with E-state index in [9.17, 15) is 19.5 Å². The van der Waals surface area contributed by atoms with Crippen molar-refractivity contribution in [1.82, 2.24) is 25.3 Å². The van der Waals surface area contributed by atoms with Gasteiger partial charge >= 0.3 is 12.1 Å². The van der Waals surface area contributed by atoms with Crippen LogP contribution in [0, 0.1) is 5.41 Å². The van der Waals surface area contributed by atoms with Gasteiger partial charge in [0, 0.05) is 47.6 Å². The summed E-state index contributed by atoms with van der Waals surface area (Å²) in [4.78, 5) is 45.6. The molecule has 53 heavy (non-hydrogen) atoms. The van der Waals surface area contributed by atoms with E-state index in [0.29, 0.717) is 31.4 Å². The molecule has 2 aliphatic heterocycles. The van der Waals surface area contributed by atoms with E-state index >= 15 is 0 Å². The highest BCUT2D eigenvalue weighted by molar-refractivity contribution is 5.95. The molecule has 11 heteroatoms. The summed E-state index contributed by atoms with van der Waals surface area (Å²) >= 11 is 0. The third kappa shape index (κ3) is 8.35. The van der Waals surface area contributed by atoms with Gasteiger partial charge in [-0.05, 0) is 112 Å².